The van der Waals surface area contributed by atoms with Gasteiger partial charge in [0.15, 0.2) is 17.6 Å². The first kappa shape index (κ1) is 22.7. The van der Waals surface area contributed by atoms with Gasteiger partial charge in [-0.05, 0) is 48.9 Å². The zero-order valence-electron chi connectivity index (χ0n) is 19.9. The van der Waals surface area contributed by atoms with Crippen LogP contribution in [-0.4, -0.2) is 39.2 Å². The van der Waals surface area contributed by atoms with E-state index in [1.807, 2.05) is 49.4 Å². The molecule has 3 aromatic rings. The molecular formula is C27H26N2O6. The van der Waals surface area contributed by atoms with Gasteiger partial charge in [-0.25, -0.2) is 9.96 Å². The number of aryl methyl sites for hydroxylation is 1. The van der Waals surface area contributed by atoms with E-state index in [4.69, 9.17) is 19.0 Å². The van der Waals surface area contributed by atoms with Gasteiger partial charge in [-0.1, -0.05) is 35.9 Å². The fourth-order valence-corrected chi connectivity index (χ4v) is 4.77. The van der Waals surface area contributed by atoms with Crippen molar-refractivity contribution in [3.63, 3.8) is 0 Å². The number of ether oxygens (including phenoxy) is 3. The Balaban J connectivity index is 1.64. The third-order valence-electron chi connectivity index (χ3n) is 6.45. The number of rotatable bonds is 6. The first-order chi connectivity index (χ1) is 17.0. The Morgan fingerprint density at radius 1 is 0.771 bits per heavy atom. The average Bonchev–Trinajstić information content (AvgIpc) is 3.40. The molecule has 2 aliphatic rings. The quantitative estimate of drug-likeness (QED) is 0.499. The van der Waals surface area contributed by atoms with Gasteiger partial charge in [-0.2, -0.15) is 0 Å². The molecule has 2 fully saturated rings. The van der Waals surface area contributed by atoms with Gasteiger partial charge in [0.1, 0.15) is 5.92 Å². The molecule has 0 spiro atoms. The maximum atomic E-state index is 13.8. The topological polar surface area (TPSA) is 77.5 Å². The minimum atomic E-state index is -0.965. The molecular weight excluding hydrogens is 448 g/mol. The zero-order chi connectivity index (χ0) is 24.7. The van der Waals surface area contributed by atoms with Crippen molar-refractivity contribution in [2.75, 3.05) is 31.3 Å². The Morgan fingerprint density at radius 3 is 1.97 bits per heavy atom. The highest BCUT2D eigenvalue weighted by Crippen LogP contribution is 2.50. The number of imide groups is 1. The van der Waals surface area contributed by atoms with E-state index < -0.39 is 18.1 Å². The van der Waals surface area contributed by atoms with E-state index in [-0.39, 0.29) is 11.8 Å². The molecule has 3 aromatic carbocycles. The maximum absolute atomic E-state index is 13.8. The summed E-state index contributed by atoms with van der Waals surface area (Å²) in [6, 6.07) is 19.7. The molecule has 2 amide bonds. The summed E-state index contributed by atoms with van der Waals surface area (Å²) in [7, 11) is 4.60. The fraction of sp³-hybridized carbons (Fsp3) is 0.259. The summed E-state index contributed by atoms with van der Waals surface area (Å²) in [5.41, 5.74) is 2.99. The molecule has 0 aromatic heterocycles. The second-order valence-corrected chi connectivity index (χ2v) is 8.46. The lowest BCUT2D eigenvalue weighted by Crippen LogP contribution is -2.37. The van der Waals surface area contributed by atoms with Crippen molar-refractivity contribution < 1.29 is 28.6 Å². The molecule has 5 rings (SSSR count). The van der Waals surface area contributed by atoms with Crippen molar-refractivity contribution in [3.8, 4) is 17.2 Å². The number of anilines is 2. The number of benzene rings is 3. The van der Waals surface area contributed by atoms with Crippen molar-refractivity contribution in [2.24, 2.45) is 5.92 Å². The van der Waals surface area contributed by atoms with Crippen molar-refractivity contribution in [3.05, 3.63) is 77.9 Å². The Labute approximate surface area is 203 Å². The molecule has 35 heavy (non-hydrogen) atoms. The smallest absolute Gasteiger partial charge is 0.266 e. The second kappa shape index (κ2) is 8.96. The first-order valence-electron chi connectivity index (χ1n) is 11.2. The number of carbonyl (C=O) groups is 2. The van der Waals surface area contributed by atoms with Gasteiger partial charge in [0.2, 0.25) is 11.7 Å². The van der Waals surface area contributed by atoms with Gasteiger partial charge in [0.25, 0.3) is 5.91 Å². The van der Waals surface area contributed by atoms with E-state index in [0.29, 0.717) is 28.5 Å². The summed E-state index contributed by atoms with van der Waals surface area (Å²) in [5.74, 6) is -0.140. The fourth-order valence-electron chi connectivity index (χ4n) is 4.77. The summed E-state index contributed by atoms with van der Waals surface area (Å²) in [6.07, 6.45) is -0.965. The molecule has 0 bridgehead atoms. The first-order valence-corrected chi connectivity index (χ1v) is 11.2. The number of hydrogen-bond donors (Lipinski definition) is 0. The van der Waals surface area contributed by atoms with Gasteiger partial charge in [0, 0.05) is 0 Å². The van der Waals surface area contributed by atoms with E-state index in [0.717, 1.165) is 11.3 Å². The highest BCUT2D eigenvalue weighted by molar-refractivity contribution is 6.23. The number of carbonyl (C=O) groups excluding carboxylic acids is 2. The lowest BCUT2D eigenvalue weighted by Gasteiger charge is -2.29. The number of methoxy groups -OCH3 is 3. The molecule has 8 nitrogen and oxygen atoms in total. The van der Waals surface area contributed by atoms with Crippen molar-refractivity contribution >= 4 is 23.2 Å². The number of hydrogen-bond acceptors (Lipinski definition) is 7. The monoisotopic (exact) mass is 474 g/mol. The van der Waals surface area contributed by atoms with Gasteiger partial charge in [-0.3, -0.25) is 14.4 Å². The zero-order valence-corrected chi connectivity index (χ0v) is 19.9. The van der Waals surface area contributed by atoms with Crippen LogP contribution in [0, 0.1) is 12.8 Å². The van der Waals surface area contributed by atoms with Gasteiger partial charge >= 0.3 is 0 Å². The predicted molar refractivity (Wildman–Crippen MR) is 130 cm³/mol. The van der Waals surface area contributed by atoms with Crippen LogP contribution in [0.1, 0.15) is 17.2 Å². The summed E-state index contributed by atoms with van der Waals surface area (Å²) >= 11 is 0. The largest absolute Gasteiger partial charge is 0.493 e. The highest BCUT2D eigenvalue weighted by Gasteiger charge is 2.60. The highest BCUT2D eigenvalue weighted by atomic mass is 16.7. The van der Waals surface area contributed by atoms with Gasteiger partial charge in [0.05, 0.1) is 38.7 Å². The van der Waals surface area contributed by atoms with Crippen LogP contribution in [0.2, 0.25) is 0 Å². The van der Waals surface area contributed by atoms with Crippen LogP contribution in [0.4, 0.5) is 11.4 Å². The lowest BCUT2D eigenvalue weighted by atomic mass is 9.90. The number of amides is 2. The van der Waals surface area contributed by atoms with E-state index in [1.165, 1.54) is 26.2 Å². The third-order valence-corrected chi connectivity index (χ3v) is 6.45. The maximum Gasteiger partial charge on any atom is 0.266 e. The third kappa shape index (κ3) is 3.66. The summed E-state index contributed by atoms with van der Waals surface area (Å²) in [6.45, 7) is 1.95. The number of hydroxylamine groups is 1. The number of para-hydroxylation sites is 1. The van der Waals surface area contributed by atoms with Crippen molar-refractivity contribution in [1.29, 1.82) is 0 Å². The molecule has 0 unspecified atom stereocenters. The predicted octanol–water partition coefficient (Wildman–Crippen LogP) is 4.07. The van der Waals surface area contributed by atoms with Crippen LogP contribution in [0.25, 0.3) is 0 Å². The minimum Gasteiger partial charge on any atom is -0.493 e. The van der Waals surface area contributed by atoms with Crippen molar-refractivity contribution in [2.45, 2.75) is 19.1 Å². The van der Waals surface area contributed by atoms with Crippen molar-refractivity contribution in [1.82, 2.24) is 0 Å². The Morgan fingerprint density at radius 2 is 1.40 bits per heavy atom. The molecule has 3 atom stereocenters. The second-order valence-electron chi connectivity index (χ2n) is 8.46. The van der Waals surface area contributed by atoms with E-state index in [1.54, 1.807) is 29.3 Å². The molecule has 180 valence electrons. The molecule has 0 aliphatic carbocycles. The Kier molecular flexibility index (Phi) is 5.82. The molecule has 0 saturated carbocycles. The molecule has 2 heterocycles. The van der Waals surface area contributed by atoms with Crippen LogP contribution in [0.15, 0.2) is 66.7 Å². The van der Waals surface area contributed by atoms with Crippen LogP contribution in [0.3, 0.4) is 0 Å². The SMILES string of the molecule is COc1cc([C@H]2[C@H]3C(=O)N(c4ccc(C)cc4)C(=O)[C@H]3ON2c2ccccc2)cc(OC)c1OC. The molecule has 0 N–H and O–H groups in total. The van der Waals surface area contributed by atoms with E-state index >= 15 is 0 Å². The average molecular weight is 475 g/mol. The van der Waals surface area contributed by atoms with Crippen LogP contribution < -0.4 is 24.2 Å². The normalized spacial score (nSPS) is 21.3. The lowest BCUT2D eigenvalue weighted by molar-refractivity contribution is -0.126. The number of fused-ring (bicyclic) bond motifs is 1. The molecule has 2 saturated heterocycles. The Hall–Kier alpha value is -4.04. The molecule has 2 aliphatic heterocycles. The number of nitrogens with zero attached hydrogens (tertiary/aromatic N) is 2. The van der Waals surface area contributed by atoms with E-state index in [2.05, 4.69) is 0 Å². The standard InChI is InChI=1S/C27H26N2O6/c1-16-10-12-18(13-11-16)28-26(30)22-23(17-14-20(32-2)24(34-4)21(15-17)33-3)29(35-25(22)27(28)31)19-8-6-5-7-9-19/h5-15,22-23,25H,1-4H3/t22-,23+,25+/m1/s1. The van der Waals surface area contributed by atoms with Crippen LogP contribution >= 0.6 is 0 Å². The molecule has 0 radical (unpaired) electrons. The van der Waals surface area contributed by atoms with Gasteiger partial charge < -0.3 is 14.2 Å². The van der Waals surface area contributed by atoms with Gasteiger partial charge in [-0.15, -0.1) is 0 Å². The summed E-state index contributed by atoms with van der Waals surface area (Å²) in [4.78, 5) is 34.7. The van der Waals surface area contributed by atoms with Crippen LogP contribution in [-0.2, 0) is 14.4 Å². The summed E-state index contributed by atoms with van der Waals surface area (Å²) < 4.78 is 16.6. The Bertz CT molecular complexity index is 1240. The van der Waals surface area contributed by atoms with E-state index in [9.17, 15) is 9.59 Å². The molecule has 8 heteroatoms. The van der Waals surface area contributed by atoms with Crippen LogP contribution in [0.5, 0.6) is 17.2 Å². The summed E-state index contributed by atoms with van der Waals surface area (Å²) in [5, 5.41) is 1.64. The minimum absolute atomic E-state index is 0.318.